The Labute approximate surface area is 99.1 Å². The zero-order valence-corrected chi connectivity index (χ0v) is 9.64. The van der Waals surface area contributed by atoms with Crippen LogP contribution in [0.4, 0.5) is 4.39 Å². The molecule has 0 bridgehead atoms. The lowest BCUT2D eigenvalue weighted by molar-refractivity contribution is 0.0245. The lowest BCUT2D eigenvalue weighted by Crippen LogP contribution is -2.46. The van der Waals surface area contributed by atoms with Crippen molar-refractivity contribution in [2.75, 3.05) is 13.1 Å². The predicted molar refractivity (Wildman–Crippen MR) is 59.9 cm³/mol. The van der Waals surface area contributed by atoms with Gasteiger partial charge >= 0.3 is 0 Å². The first-order chi connectivity index (χ1) is 8.08. The van der Waals surface area contributed by atoms with Crippen LogP contribution in [0.1, 0.15) is 23.8 Å². The molecule has 0 aliphatic carbocycles. The van der Waals surface area contributed by atoms with Gasteiger partial charge in [0.1, 0.15) is 11.5 Å². The van der Waals surface area contributed by atoms with Gasteiger partial charge in [-0.1, -0.05) is 6.92 Å². The van der Waals surface area contributed by atoms with Crippen molar-refractivity contribution in [2.24, 2.45) is 5.92 Å². The third kappa shape index (κ3) is 2.61. The number of carbonyl (C=O) groups excluding carboxylic acids is 1. The van der Waals surface area contributed by atoms with Gasteiger partial charge in [-0.25, -0.2) is 9.37 Å². The molecule has 2 unspecified atom stereocenters. The third-order valence-corrected chi connectivity index (χ3v) is 3.15. The smallest absolute Gasteiger partial charge is 0.272 e. The van der Waals surface area contributed by atoms with E-state index in [4.69, 9.17) is 0 Å². The highest BCUT2D eigenvalue weighted by Gasteiger charge is 2.28. The maximum atomic E-state index is 12.7. The highest BCUT2D eigenvalue weighted by Crippen LogP contribution is 2.18. The molecule has 0 saturated carbocycles. The summed E-state index contributed by atoms with van der Waals surface area (Å²) in [5, 5.41) is 9.71. The Balaban J connectivity index is 2.08. The summed E-state index contributed by atoms with van der Waals surface area (Å²) in [7, 11) is 0. The Bertz CT molecular complexity index is 407. The van der Waals surface area contributed by atoms with Crippen LogP contribution in [0.5, 0.6) is 0 Å². The zero-order valence-electron chi connectivity index (χ0n) is 9.64. The third-order valence-electron chi connectivity index (χ3n) is 3.15. The first kappa shape index (κ1) is 12.0. The van der Waals surface area contributed by atoms with Gasteiger partial charge in [0.25, 0.3) is 5.91 Å². The van der Waals surface area contributed by atoms with Crippen molar-refractivity contribution in [3.05, 3.63) is 29.8 Å². The number of hydrogen-bond donors (Lipinski definition) is 1. The number of likely N-dealkylation sites (tertiary alicyclic amines) is 1. The Morgan fingerprint density at radius 1 is 1.59 bits per heavy atom. The lowest BCUT2D eigenvalue weighted by Gasteiger charge is -2.34. The number of aliphatic hydroxyl groups excluding tert-OH is 1. The van der Waals surface area contributed by atoms with Gasteiger partial charge in [-0.3, -0.25) is 4.79 Å². The molecule has 0 radical (unpaired) electrons. The summed E-state index contributed by atoms with van der Waals surface area (Å²) in [5.74, 6) is -0.509. The summed E-state index contributed by atoms with van der Waals surface area (Å²) < 4.78 is 12.7. The van der Waals surface area contributed by atoms with Crippen molar-refractivity contribution in [3.63, 3.8) is 0 Å². The Kier molecular flexibility index (Phi) is 3.38. The van der Waals surface area contributed by atoms with Crippen molar-refractivity contribution in [2.45, 2.75) is 19.4 Å². The summed E-state index contributed by atoms with van der Waals surface area (Å²) in [5.41, 5.74) is 0.216. The Hall–Kier alpha value is -1.49. The van der Waals surface area contributed by atoms with Gasteiger partial charge in [-0.05, 0) is 24.5 Å². The van der Waals surface area contributed by atoms with Gasteiger partial charge in [0.2, 0.25) is 0 Å². The first-order valence-electron chi connectivity index (χ1n) is 5.67. The number of amides is 1. The van der Waals surface area contributed by atoms with E-state index in [9.17, 15) is 14.3 Å². The van der Waals surface area contributed by atoms with Crippen molar-refractivity contribution < 1.29 is 14.3 Å². The maximum Gasteiger partial charge on any atom is 0.272 e. The fraction of sp³-hybridized carbons (Fsp3) is 0.500. The fourth-order valence-electron chi connectivity index (χ4n) is 1.90. The Morgan fingerprint density at radius 2 is 2.35 bits per heavy atom. The van der Waals surface area contributed by atoms with Crippen molar-refractivity contribution >= 4 is 5.91 Å². The molecule has 2 heterocycles. The van der Waals surface area contributed by atoms with Crippen LogP contribution in [0.15, 0.2) is 18.3 Å². The molecule has 0 spiro atoms. The van der Waals surface area contributed by atoms with E-state index in [0.29, 0.717) is 13.1 Å². The van der Waals surface area contributed by atoms with E-state index in [2.05, 4.69) is 4.98 Å². The average Bonchev–Trinajstić information content (AvgIpc) is 2.33. The number of piperidine rings is 1. The van der Waals surface area contributed by atoms with Crippen LogP contribution in [0.3, 0.4) is 0 Å². The van der Waals surface area contributed by atoms with E-state index in [1.165, 1.54) is 12.1 Å². The van der Waals surface area contributed by atoms with Gasteiger partial charge in [-0.15, -0.1) is 0 Å². The molecule has 1 aromatic rings. The molecular formula is C12H15FN2O2. The number of nitrogens with zero attached hydrogens (tertiary/aromatic N) is 2. The minimum atomic E-state index is -0.492. The number of carbonyl (C=O) groups is 1. The van der Waals surface area contributed by atoms with E-state index in [1.807, 2.05) is 6.92 Å². The molecule has 1 aliphatic heterocycles. The second kappa shape index (κ2) is 4.79. The second-order valence-corrected chi connectivity index (χ2v) is 4.45. The van der Waals surface area contributed by atoms with E-state index in [-0.39, 0.29) is 17.5 Å². The van der Waals surface area contributed by atoms with Crippen LogP contribution in [0.2, 0.25) is 0 Å². The minimum absolute atomic E-state index is 0.209. The molecule has 1 saturated heterocycles. The number of halogens is 1. The SMILES string of the molecule is CC1CCN(C(=O)c2ccc(F)cn2)CC1O. The molecule has 1 aliphatic rings. The largest absolute Gasteiger partial charge is 0.391 e. The number of hydrogen-bond acceptors (Lipinski definition) is 3. The summed E-state index contributed by atoms with van der Waals surface area (Å²) >= 11 is 0. The maximum absolute atomic E-state index is 12.7. The van der Waals surface area contributed by atoms with Crippen LogP contribution in [0.25, 0.3) is 0 Å². The molecule has 2 atom stereocenters. The monoisotopic (exact) mass is 238 g/mol. The molecule has 1 N–H and O–H groups in total. The van der Waals surface area contributed by atoms with E-state index >= 15 is 0 Å². The van der Waals surface area contributed by atoms with E-state index in [0.717, 1.165) is 12.6 Å². The average molecular weight is 238 g/mol. The standard InChI is InChI=1S/C12H15FN2O2/c1-8-4-5-15(7-11(8)16)12(17)10-3-2-9(13)6-14-10/h2-3,6,8,11,16H,4-5,7H2,1H3. The summed E-state index contributed by atoms with van der Waals surface area (Å²) in [6.45, 7) is 2.89. The molecule has 4 nitrogen and oxygen atoms in total. The van der Waals surface area contributed by atoms with Gasteiger partial charge in [0, 0.05) is 13.1 Å². The molecular weight excluding hydrogens is 223 g/mol. The molecule has 1 aromatic heterocycles. The number of β-amino-alcohol motifs (C(OH)–C–C–N with tert-alkyl or cyclic N) is 1. The summed E-state index contributed by atoms with van der Waals surface area (Å²) in [6.07, 6.45) is 1.30. The molecule has 17 heavy (non-hydrogen) atoms. The number of rotatable bonds is 1. The highest BCUT2D eigenvalue weighted by molar-refractivity contribution is 5.92. The molecule has 1 fully saturated rings. The molecule has 0 aromatic carbocycles. The molecule has 92 valence electrons. The van der Waals surface area contributed by atoms with Gasteiger partial charge in [0.05, 0.1) is 12.3 Å². The normalized spacial score (nSPS) is 24.8. The quantitative estimate of drug-likeness (QED) is 0.796. The zero-order chi connectivity index (χ0) is 12.4. The van der Waals surface area contributed by atoms with Crippen molar-refractivity contribution in [1.82, 2.24) is 9.88 Å². The van der Waals surface area contributed by atoms with E-state index in [1.54, 1.807) is 4.90 Å². The lowest BCUT2D eigenvalue weighted by atomic mass is 9.96. The topological polar surface area (TPSA) is 53.4 Å². The highest BCUT2D eigenvalue weighted by atomic mass is 19.1. The van der Waals surface area contributed by atoms with Gasteiger partial charge in [0.15, 0.2) is 0 Å². The minimum Gasteiger partial charge on any atom is -0.391 e. The van der Waals surface area contributed by atoms with Crippen LogP contribution in [-0.4, -0.2) is 40.1 Å². The first-order valence-corrected chi connectivity index (χ1v) is 5.67. The van der Waals surface area contributed by atoms with Gasteiger partial charge in [-0.2, -0.15) is 0 Å². The van der Waals surface area contributed by atoms with E-state index < -0.39 is 11.9 Å². The molecule has 1 amide bonds. The van der Waals surface area contributed by atoms with Gasteiger partial charge < -0.3 is 10.0 Å². The number of pyridine rings is 1. The number of aliphatic hydroxyl groups is 1. The van der Waals surface area contributed by atoms with Crippen molar-refractivity contribution in [1.29, 1.82) is 0 Å². The second-order valence-electron chi connectivity index (χ2n) is 4.45. The van der Waals surface area contributed by atoms with Crippen LogP contribution in [0, 0.1) is 11.7 Å². The fourth-order valence-corrected chi connectivity index (χ4v) is 1.90. The molecule has 2 rings (SSSR count). The number of aromatic nitrogens is 1. The van der Waals surface area contributed by atoms with Crippen LogP contribution in [-0.2, 0) is 0 Å². The molecule has 5 heteroatoms. The summed E-state index contributed by atoms with van der Waals surface area (Å²) in [4.78, 5) is 17.3. The van der Waals surface area contributed by atoms with Crippen LogP contribution >= 0.6 is 0 Å². The summed E-state index contributed by atoms with van der Waals surface area (Å²) in [6, 6.07) is 2.57. The van der Waals surface area contributed by atoms with Crippen molar-refractivity contribution in [3.8, 4) is 0 Å². The predicted octanol–water partition coefficient (Wildman–Crippen LogP) is 1.06. The Morgan fingerprint density at radius 3 is 2.94 bits per heavy atom. The van der Waals surface area contributed by atoms with Crippen LogP contribution < -0.4 is 0 Å².